The van der Waals surface area contributed by atoms with Gasteiger partial charge in [0.25, 0.3) is 5.69 Å². The van der Waals surface area contributed by atoms with E-state index in [2.05, 4.69) is 26.2 Å². The maximum absolute atomic E-state index is 10.6. The molecule has 0 amide bonds. The molecule has 1 heterocycles. The second-order valence-corrected chi connectivity index (χ2v) is 3.32. The lowest BCUT2D eigenvalue weighted by Crippen LogP contribution is -2.09. The summed E-state index contributed by atoms with van der Waals surface area (Å²) in [5.74, 6) is 0. The van der Waals surface area contributed by atoms with Crippen LogP contribution in [0.1, 0.15) is 5.69 Å². The third-order valence-electron chi connectivity index (χ3n) is 1.45. The Morgan fingerprint density at radius 1 is 1.77 bits per heavy atom. The van der Waals surface area contributed by atoms with Gasteiger partial charge in [0.1, 0.15) is 5.69 Å². The molecule has 1 aromatic heterocycles. The minimum atomic E-state index is -0.440. The first kappa shape index (κ1) is 10.1. The number of nitrogens with zero attached hydrogens (tertiary/aromatic N) is 2. The van der Waals surface area contributed by atoms with Crippen LogP contribution in [-0.4, -0.2) is 17.0 Å². The molecule has 0 saturated heterocycles. The van der Waals surface area contributed by atoms with Crippen molar-refractivity contribution in [3.05, 3.63) is 32.5 Å². The van der Waals surface area contributed by atoms with Crippen LogP contribution >= 0.6 is 15.9 Å². The highest BCUT2D eigenvalue weighted by molar-refractivity contribution is 9.10. The van der Waals surface area contributed by atoms with Gasteiger partial charge in [-0.1, -0.05) is 0 Å². The monoisotopic (exact) mass is 245 g/mol. The van der Waals surface area contributed by atoms with Crippen LogP contribution in [0.4, 0.5) is 5.69 Å². The van der Waals surface area contributed by atoms with Crippen LogP contribution in [0, 0.1) is 10.1 Å². The van der Waals surface area contributed by atoms with Crippen LogP contribution in [0.2, 0.25) is 0 Å². The van der Waals surface area contributed by atoms with Crippen LogP contribution in [0.5, 0.6) is 0 Å². The molecule has 0 aliphatic rings. The smallest absolute Gasteiger partial charge is 0.293 e. The van der Waals surface area contributed by atoms with Crippen molar-refractivity contribution in [3.63, 3.8) is 0 Å². The van der Waals surface area contributed by atoms with Gasteiger partial charge in [0.15, 0.2) is 0 Å². The number of halogens is 1. The van der Waals surface area contributed by atoms with Crippen LogP contribution in [0.3, 0.4) is 0 Å². The van der Waals surface area contributed by atoms with E-state index >= 15 is 0 Å². The van der Waals surface area contributed by atoms with Crippen LogP contribution in [-0.2, 0) is 6.54 Å². The van der Waals surface area contributed by atoms with Crippen molar-refractivity contribution in [2.45, 2.75) is 6.54 Å². The van der Waals surface area contributed by atoms with Gasteiger partial charge in [0, 0.05) is 23.3 Å². The molecule has 0 atom stereocenters. The second-order valence-electron chi connectivity index (χ2n) is 2.41. The molecule has 0 radical (unpaired) electrons. The van der Waals surface area contributed by atoms with Gasteiger partial charge in [-0.05, 0) is 23.0 Å². The van der Waals surface area contributed by atoms with Crippen LogP contribution in [0.15, 0.2) is 16.7 Å². The van der Waals surface area contributed by atoms with E-state index in [1.165, 1.54) is 6.07 Å². The fourth-order valence-corrected chi connectivity index (χ4v) is 1.24. The third-order valence-corrected chi connectivity index (χ3v) is 1.89. The van der Waals surface area contributed by atoms with Crippen molar-refractivity contribution in [2.75, 3.05) is 7.05 Å². The van der Waals surface area contributed by atoms with Gasteiger partial charge in [0.05, 0.1) is 4.92 Å². The van der Waals surface area contributed by atoms with Crippen molar-refractivity contribution >= 4 is 21.6 Å². The number of aromatic nitrogens is 1. The minimum absolute atomic E-state index is 0.0312. The second kappa shape index (κ2) is 4.29. The van der Waals surface area contributed by atoms with E-state index in [0.717, 1.165) is 0 Å². The summed E-state index contributed by atoms with van der Waals surface area (Å²) < 4.78 is 0.610. The minimum Gasteiger partial charge on any atom is -0.314 e. The topological polar surface area (TPSA) is 68.1 Å². The Morgan fingerprint density at radius 2 is 2.46 bits per heavy atom. The van der Waals surface area contributed by atoms with E-state index in [1.807, 2.05) is 0 Å². The number of pyridine rings is 1. The maximum atomic E-state index is 10.6. The lowest BCUT2D eigenvalue weighted by atomic mass is 10.3. The van der Waals surface area contributed by atoms with E-state index in [0.29, 0.717) is 16.7 Å². The molecule has 5 nitrogen and oxygen atoms in total. The molecular weight excluding hydrogens is 238 g/mol. The number of rotatable bonds is 3. The lowest BCUT2D eigenvalue weighted by Gasteiger charge is -2.00. The average Bonchev–Trinajstić information content (AvgIpc) is 2.08. The molecule has 6 heteroatoms. The molecule has 1 N–H and O–H groups in total. The maximum Gasteiger partial charge on any atom is 0.293 e. The van der Waals surface area contributed by atoms with E-state index < -0.39 is 4.92 Å². The van der Waals surface area contributed by atoms with Crippen molar-refractivity contribution in [3.8, 4) is 0 Å². The van der Waals surface area contributed by atoms with E-state index in [4.69, 9.17) is 0 Å². The Labute approximate surface area is 83.5 Å². The molecule has 70 valence electrons. The zero-order valence-corrected chi connectivity index (χ0v) is 8.54. The molecule has 0 unspecified atom stereocenters. The van der Waals surface area contributed by atoms with Gasteiger partial charge in [-0.2, -0.15) is 0 Å². The Morgan fingerprint density at radius 3 is 3.00 bits per heavy atom. The Kier molecular flexibility index (Phi) is 3.32. The van der Waals surface area contributed by atoms with Gasteiger partial charge in [0.2, 0.25) is 0 Å². The first-order valence-corrected chi connectivity index (χ1v) is 4.38. The molecule has 0 fully saturated rings. The van der Waals surface area contributed by atoms with E-state index in [9.17, 15) is 10.1 Å². The van der Waals surface area contributed by atoms with Crippen molar-refractivity contribution in [2.24, 2.45) is 0 Å². The molecule has 1 aromatic rings. The number of nitro groups is 1. The highest BCUT2D eigenvalue weighted by Gasteiger charge is 2.14. The first-order chi connectivity index (χ1) is 6.15. The molecule has 0 spiro atoms. The molecule has 13 heavy (non-hydrogen) atoms. The quantitative estimate of drug-likeness (QED) is 0.647. The molecule has 1 rings (SSSR count). The summed E-state index contributed by atoms with van der Waals surface area (Å²) in [5.41, 5.74) is 0.472. The normalized spacial score (nSPS) is 10.0. The van der Waals surface area contributed by atoms with E-state index in [1.54, 1.807) is 13.2 Å². The predicted octanol–water partition coefficient (Wildman–Crippen LogP) is 1.47. The fraction of sp³-hybridized carbons (Fsp3) is 0.286. The number of hydrogen-bond donors (Lipinski definition) is 1. The largest absolute Gasteiger partial charge is 0.314 e. The first-order valence-electron chi connectivity index (χ1n) is 3.58. The number of nitrogens with one attached hydrogen (secondary N) is 1. The lowest BCUT2D eigenvalue weighted by molar-refractivity contribution is -0.386. The Balaban J connectivity index is 3.10. The standard InChI is InChI=1S/C7H8BrN3O2/c1-9-4-6-7(11(12)13)2-5(8)3-10-6/h2-3,9H,4H2,1H3. The van der Waals surface area contributed by atoms with Crippen molar-refractivity contribution in [1.29, 1.82) is 0 Å². The molecule has 0 saturated carbocycles. The summed E-state index contributed by atoms with van der Waals surface area (Å²) in [5, 5.41) is 13.4. The summed E-state index contributed by atoms with van der Waals surface area (Å²) in [6.07, 6.45) is 1.54. The van der Waals surface area contributed by atoms with Gasteiger partial charge in [-0.25, -0.2) is 0 Å². The molecule has 0 aliphatic heterocycles. The molecular formula is C7H8BrN3O2. The third kappa shape index (κ3) is 2.46. The zero-order valence-electron chi connectivity index (χ0n) is 6.95. The Hall–Kier alpha value is -1.01. The van der Waals surface area contributed by atoms with Crippen molar-refractivity contribution < 1.29 is 4.92 Å². The summed E-state index contributed by atoms with van der Waals surface area (Å²) >= 11 is 3.13. The fourth-order valence-electron chi connectivity index (χ4n) is 0.919. The van der Waals surface area contributed by atoms with Gasteiger partial charge >= 0.3 is 0 Å². The highest BCUT2D eigenvalue weighted by Crippen LogP contribution is 2.20. The SMILES string of the molecule is CNCc1ncc(Br)cc1[N+](=O)[O-]. The summed E-state index contributed by atoms with van der Waals surface area (Å²) in [6.45, 7) is 0.392. The highest BCUT2D eigenvalue weighted by atomic mass is 79.9. The van der Waals surface area contributed by atoms with Gasteiger partial charge in [-0.3, -0.25) is 15.1 Å². The van der Waals surface area contributed by atoms with Crippen molar-refractivity contribution in [1.82, 2.24) is 10.3 Å². The Bertz CT molecular complexity index is 330. The van der Waals surface area contributed by atoms with Crippen LogP contribution in [0.25, 0.3) is 0 Å². The van der Waals surface area contributed by atoms with E-state index in [-0.39, 0.29) is 5.69 Å². The molecule has 0 bridgehead atoms. The van der Waals surface area contributed by atoms with Gasteiger partial charge < -0.3 is 5.32 Å². The summed E-state index contributed by atoms with van der Waals surface area (Å²) in [4.78, 5) is 14.1. The summed E-state index contributed by atoms with van der Waals surface area (Å²) in [6, 6.07) is 1.44. The zero-order chi connectivity index (χ0) is 9.84. The summed E-state index contributed by atoms with van der Waals surface area (Å²) in [7, 11) is 1.72. The molecule has 0 aliphatic carbocycles. The van der Waals surface area contributed by atoms with Gasteiger partial charge in [-0.15, -0.1) is 0 Å². The van der Waals surface area contributed by atoms with Crippen LogP contribution < -0.4 is 5.32 Å². The predicted molar refractivity (Wildman–Crippen MR) is 51.4 cm³/mol. The average molecular weight is 246 g/mol. The molecule has 0 aromatic carbocycles. The number of hydrogen-bond acceptors (Lipinski definition) is 4.